The first-order valence-electron chi connectivity index (χ1n) is 29.8. The highest BCUT2D eigenvalue weighted by Gasteiger charge is 2.77. The highest BCUT2D eigenvalue weighted by molar-refractivity contribution is 5.96. The molecule has 3 amide bonds. The molecule has 3 heterocycles. The number of aromatic carboxylic acids is 1. The number of amides is 3. The lowest BCUT2D eigenvalue weighted by Crippen LogP contribution is -2.71. The summed E-state index contributed by atoms with van der Waals surface area (Å²) in [5, 5.41) is 20.3. The van der Waals surface area contributed by atoms with E-state index in [0.717, 1.165) is 99.3 Å². The highest BCUT2D eigenvalue weighted by atomic mass is 16.5. The predicted molar refractivity (Wildman–Crippen MR) is 304 cm³/mol. The molecule has 16 heteroatoms. The van der Waals surface area contributed by atoms with Gasteiger partial charge in [0.15, 0.2) is 0 Å². The fraction of sp³-hybridized carbons (Fsp3) is 0.522. The Labute approximate surface area is 484 Å². The molecule has 0 radical (unpaired) electrons. The molecule has 436 valence electrons. The normalized spacial score (nSPS) is 32.4. The first-order chi connectivity index (χ1) is 39.7. The number of carbonyl (C=O) groups is 8. The second kappa shape index (κ2) is 20.5. The van der Waals surface area contributed by atoms with E-state index in [9.17, 15) is 48.6 Å². The average molecular weight is 1130 g/mol. The monoisotopic (exact) mass is 1130 g/mol. The predicted octanol–water partition coefficient (Wildman–Crippen LogP) is 9.44. The van der Waals surface area contributed by atoms with Crippen LogP contribution in [0.1, 0.15) is 179 Å². The van der Waals surface area contributed by atoms with Gasteiger partial charge in [-0.3, -0.25) is 19.2 Å². The molecule has 0 spiro atoms. The Hall–Kier alpha value is -7.36. The van der Waals surface area contributed by atoms with E-state index in [0.29, 0.717) is 75.2 Å². The minimum Gasteiger partial charge on any atom is -0.481 e. The van der Waals surface area contributed by atoms with Gasteiger partial charge in [0.2, 0.25) is 17.7 Å². The maximum absolute atomic E-state index is 14.1. The molecule has 83 heavy (non-hydrogen) atoms. The molecule has 3 aliphatic heterocycles. The number of methoxy groups -OCH3 is 3. The summed E-state index contributed by atoms with van der Waals surface area (Å²) in [6.07, 6.45) is 12.9. The molecule has 8 bridgehead atoms. The van der Waals surface area contributed by atoms with Crippen LogP contribution in [0.2, 0.25) is 0 Å². The number of ether oxygens (including phenoxy) is 3. The van der Waals surface area contributed by atoms with Crippen molar-refractivity contribution in [1.29, 1.82) is 0 Å². The Morgan fingerprint density at radius 2 is 0.542 bits per heavy atom. The van der Waals surface area contributed by atoms with Crippen molar-refractivity contribution in [2.45, 2.75) is 137 Å². The Bertz CT molecular complexity index is 2970. The number of carboxylic acid groups (broad SMARTS) is 2. The van der Waals surface area contributed by atoms with Crippen LogP contribution in [0.5, 0.6) is 0 Å². The summed E-state index contributed by atoms with van der Waals surface area (Å²) in [5.41, 5.74) is 0.914. The van der Waals surface area contributed by atoms with Crippen LogP contribution in [0.4, 0.5) is 0 Å². The zero-order valence-electron chi connectivity index (χ0n) is 47.9. The molecule has 0 unspecified atom stereocenters. The molecule has 11 fully saturated rings. The van der Waals surface area contributed by atoms with Crippen LogP contribution in [-0.4, -0.2) is 133 Å². The Morgan fingerprint density at radius 1 is 0.325 bits per heavy atom. The summed E-state index contributed by atoms with van der Waals surface area (Å²) in [7, 11) is 4.12. The first kappa shape index (κ1) is 56.1. The van der Waals surface area contributed by atoms with Gasteiger partial charge in [0.05, 0.1) is 65.2 Å². The van der Waals surface area contributed by atoms with Crippen molar-refractivity contribution in [3.63, 3.8) is 0 Å². The van der Waals surface area contributed by atoms with E-state index in [1.54, 1.807) is 12.1 Å². The molecule has 8 aliphatic carbocycles. The molecule has 2 N–H and O–H groups in total. The zero-order chi connectivity index (χ0) is 58.4. The van der Waals surface area contributed by atoms with E-state index in [1.165, 1.54) is 21.3 Å². The lowest BCUT2D eigenvalue weighted by molar-refractivity contribution is -0.222. The van der Waals surface area contributed by atoms with Crippen LogP contribution in [0, 0.1) is 21.7 Å². The van der Waals surface area contributed by atoms with Crippen molar-refractivity contribution in [2.75, 3.05) is 60.6 Å². The zero-order valence-corrected chi connectivity index (χ0v) is 47.9. The van der Waals surface area contributed by atoms with Gasteiger partial charge in [-0.15, -0.1) is 0 Å². The van der Waals surface area contributed by atoms with Gasteiger partial charge < -0.3 is 39.1 Å². The molecule has 4 aromatic rings. The van der Waals surface area contributed by atoms with E-state index in [1.807, 2.05) is 63.2 Å². The third-order valence-corrected chi connectivity index (χ3v) is 21.6. The van der Waals surface area contributed by atoms with Gasteiger partial charge in [-0.1, -0.05) is 48.5 Å². The van der Waals surface area contributed by atoms with Crippen molar-refractivity contribution in [3.8, 4) is 0 Å². The number of carbonyl (C=O) groups excluding carboxylic acids is 6. The SMILES string of the molecule is COC(=O)c1ccc(C23CC4(c5ccc(C(=O)O)cc5)CC(c5ccc(C(=O)OC)cc5)(C2)CC(c2ccc(C(=O)OC)cc2)(C4)C3)cc1.O=C(O)C12CC3(C(=O)N4CCCC4)CC(C(=O)N4CCCC4)(C1)CC(C(=O)N1CCCC1)(C2)C3. The number of rotatable bonds is 12. The first-order valence-corrected chi connectivity index (χ1v) is 29.8. The molecule has 0 atom stereocenters. The van der Waals surface area contributed by atoms with Gasteiger partial charge in [-0.2, -0.15) is 0 Å². The van der Waals surface area contributed by atoms with E-state index in [-0.39, 0.29) is 64.2 Å². The highest BCUT2D eigenvalue weighted by Crippen LogP contribution is 2.77. The van der Waals surface area contributed by atoms with Crippen LogP contribution < -0.4 is 0 Å². The molecule has 11 aliphatic rings. The van der Waals surface area contributed by atoms with Crippen molar-refractivity contribution in [2.24, 2.45) is 21.7 Å². The fourth-order valence-corrected chi connectivity index (χ4v) is 19.4. The molecular weight excluding hydrogens is 1050 g/mol. The molecule has 16 nitrogen and oxygen atoms in total. The Kier molecular flexibility index (Phi) is 13.8. The molecule has 3 saturated heterocycles. The Morgan fingerprint density at radius 3 is 0.747 bits per heavy atom. The molecular formula is C67H75N3O13. The number of hydrogen-bond acceptors (Lipinski definition) is 11. The molecule has 8 saturated carbocycles. The standard InChI is InChI=1S/C41H38O8.C26H37N3O5/c1-47-35(44)27-6-14-31(15-7-27)39-20-38(30-12-4-26(5-13-30)34(42)43)21-40(23-39,32-16-8-28(9-17-32)36(45)48-2)25-41(22-38,24-39)33-18-10-29(11-19-33)37(46)49-3;30-19(27-7-1-2-8-27)23-13-24(20(31)28-9-3-4-10-28)15-25(14-23,21(32)29-11-5-6-12-29)18-26(16-23,17-24)22(33)34/h4-19H,20-25H2,1-3H3,(H,42,43);1-18H2,(H,33,34). The van der Waals surface area contributed by atoms with Gasteiger partial charge in [0, 0.05) is 39.3 Å². The van der Waals surface area contributed by atoms with Crippen molar-refractivity contribution in [1.82, 2.24) is 14.7 Å². The lowest BCUT2D eigenvalue weighted by atomic mass is 9.32. The smallest absolute Gasteiger partial charge is 0.337 e. The average Bonchev–Trinajstić information content (AvgIpc) is 0.948. The lowest BCUT2D eigenvalue weighted by Gasteiger charge is -2.71. The van der Waals surface area contributed by atoms with E-state index in [4.69, 9.17) is 14.2 Å². The molecule has 0 aromatic heterocycles. The number of benzene rings is 4. The van der Waals surface area contributed by atoms with E-state index >= 15 is 0 Å². The number of hydrogen-bond donors (Lipinski definition) is 2. The Balaban J connectivity index is 0.000000175. The van der Waals surface area contributed by atoms with Crippen molar-refractivity contribution < 1.29 is 62.8 Å². The summed E-state index contributed by atoms with van der Waals surface area (Å²) in [6.45, 7) is 4.17. The van der Waals surface area contributed by atoms with Crippen LogP contribution in [-0.2, 0) is 55.0 Å². The number of aliphatic carboxylic acids is 1. The summed E-state index contributed by atoms with van der Waals surface area (Å²) >= 11 is 0. The summed E-state index contributed by atoms with van der Waals surface area (Å²) in [6, 6.07) is 30.7. The second-order valence-electron chi connectivity index (χ2n) is 26.8. The third kappa shape index (κ3) is 9.13. The number of nitrogens with zero attached hydrogens (tertiary/aromatic N) is 3. The largest absolute Gasteiger partial charge is 0.481 e. The van der Waals surface area contributed by atoms with Crippen LogP contribution >= 0.6 is 0 Å². The maximum Gasteiger partial charge on any atom is 0.337 e. The van der Waals surface area contributed by atoms with Crippen LogP contribution in [0.3, 0.4) is 0 Å². The van der Waals surface area contributed by atoms with Crippen molar-refractivity contribution in [3.05, 3.63) is 142 Å². The van der Waals surface area contributed by atoms with Crippen LogP contribution in [0.15, 0.2) is 97.1 Å². The van der Waals surface area contributed by atoms with E-state index < -0.39 is 51.5 Å². The maximum atomic E-state index is 14.1. The summed E-state index contributed by atoms with van der Waals surface area (Å²) < 4.78 is 15.0. The molecule has 15 rings (SSSR count). The van der Waals surface area contributed by atoms with Gasteiger partial charge >= 0.3 is 29.8 Å². The van der Waals surface area contributed by atoms with Gasteiger partial charge in [0.1, 0.15) is 0 Å². The fourth-order valence-electron chi connectivity index (χ4n) is 19.4. The van der Waals surface area contributed by atoms with Gasteiger partial charge in [-0.05, 0) is 208 Å². The van der Waals surface area contributed by atoms with Crippen molar-refractivity contribution >= 4 is 47.6 Å². The topological polar surface area (TPSA) is 214 Å². The second-order valence-corrected chi connectivity index (χ2v) is 26.8. The summed E-state index contributed by atoms with van der Waals surface area (Å²) in [5.74, 6) is -3.05. The minimum atomic E-state index is -1.19. The number of esters is 3. The van der Waals surface area contributed by atoms with Gasteiger partial charge in [-0.25, -0.2) is 19.2 Å². The quantitative estimate of drug-likeness (QED) is 0.100. The minimum absolute atomic E-state index is 0.00641. The molecule has 4 aromatic carbocycles. The number of carboxylic acids is 2. The van der Waals surface area contributed by atoms with E-state index in [2.05, 4.69) is 36.4 Å². The van der Waals surface area contributed by atoms with Crippen LogP contribution in [0.25, 0.3) is 0 Å². The third-order valence-electron chi connectivity index (χ3n) is 21.6. The number of likely N-dealkylation sites (tertiary alicyclic amines) is 3. The van der Waals surface area contributed by atoms with Gasteiger partial charge in [0.25, 0.3) is 0 Å². The summed E-state index contributed by atoms with van der Waals surface area (Å²) in [4.78, 5) is 110.